The Morgan fingerprint density at radius 2 is 1.73 bits per heavy atom. The summed E-state index contributed by atoms with van der Waals surface area (Å²) in [7, 11) is 0. The van der Waals surface area contributed by atoms with Gasteiger partial charge in [0.05, 0.1) is 42.5 Å². The van der Waals surface area contributed by atoms with E-state index in [2.05, 4.69) is 20.1 Å². The van der Waals surface area contributed by atoms with Crippen molar-refractivity contribution >= 4 is 16.9 Å². The summed E-state index contributed by atoms with van der Waals surface area (Å²) in [5.74, 6) is 1.05. The van der Waals surface area contributed by atoms with Crippen LogP contribution in [0, 0.1) is 18.7 Å². The van der Waals surface area contributed by atoms with Crippen molar-refractivity contribution in [2.24, 2.45) is 5.92 Å². The van der Waals surface area contributed by atoms with Gasteiger partial charge in [0, 0.05) is 19.0 Å². The average molecular weight is 562 g/mol. The number of hydrogen-bond acceptors (Lipinski definition) is 8. The molecule has 1 saturated heterocycles. The van der Waals surface area contributed by atoms with Crippen LogP contribution >= 0.6 is 0 Å². The van der Waals surface area contributed by atoms with Gasteiger partial charge in [0.15, 0.2) is 11.4 Å². The number of carbonyl (C=O) groups excluding carboxylic acids is 1. The normalized spacial score (nSPS) is 20.7. The molecule has 2 fully saturated rings. The average Bonchev–Trinajstić information content (AvgIpc) is 3.42. The maximum atomic E-state index is 13.3. The lowest BCUT2D eigenvalue weighted by Gasteiger charge is -2.40. The highest BCUT2D eigenvalue weighted by Crippen LogP contribution is 2.31. The molecule has 1 aromatic carbocycles. The Morgan fingerprint density at radius 1 is 1.05 bits per heavy atom. The number of carbonyl (C=O) groups is 1. The molecule has 1 amide bonds. The summed E-state index contributed by atoms with van der Waals surface area (Å²) in [6, 6.07) is 5.76. The molecular weight excluding hydrogens is 529 g/mol. The van der Waals surface area contributed by atoms with Gasteiger partial charge in [-0.05, 0) is 69.7 Å². The van der Waals surface area contributed by atoms with E-state index in [1.807, 2.05) is 11.8 Å². The first-order valence-electron chi connectivity index (χ1n) is 13.9. The zero-order valence-electron chi connectivity index (χ0n) is 22.8. The van der Waals surface area contributed by atoms with Crippen molar-refractivity contribution in [3.05, 3.63) is 71.2 Å². The highest BCUT2D eigenvalue weighted by atomic mass is 19.1. The number of nitrogens with zero attached hydrogens (tertiary/aromatic N) is 7. The Morgan fingerprint density at radius 3 is 2.41 bits per heavy atom. The lowest BCUT2D eigenvalue weighted by atomic mass is 9.85. The van der Waals surface area contributed by atoms with Gasteiger partial charge in [-0.15, -0.1) is 0 Å². The Balaban J connectivity index is 1.04. The van der Waals surface area contributed by atoms with E-state index >= 15 is 0 Å². The van der Waals surface area contributed by atoms with Gasteiger partial charge in [0.1, 0.15) is 23.4 Å². The molecule has 4 aromatic rings. The van der Waals surface area contributed by atoms with E-state index in [-0.39, 0.29) is 35.9 Å². The number of rotatable bonds is 6. The summed E-state index contributed by atoms with van der Waals surface area (Å²) < 4.78 is 22.2. The van der Waals surface area contributed by atoms with Crippen LogP contribution in [-0.2, 0) is 11.3 Å². The van der Waals surface area contributed by atoms with Gasteiger partial charge in [-0.2, -0.15) is 5.10 Å². The molecule has 214 valence electrons. The lowest BCUT2D eigenvalue weighted by molar-refractivity contribution is -0.141. The van der Waals surface area contributed by atoms with Gasteiger partial charge < -0.3 is 14.7 Å². The number of aryl methyl sites for hydroxylation is 1. The van der Waals surface area contributed by atoms with E-state index in [1.165, 1.54) is 33.9 Å². The van der Waals surface area contributed by atoms with Crippen molar-refractivity contribution in [3.63, 3.8) is 0 Å². The Labute approximate surface area is 235 Å². The number of piperidine rings is 1. The quantitative estimate of drug-likeness (QED) is 0.381. The minimum absolute atomic E-state index is 0.0452. The van der Waals surface area contributed by atoms with Crippen LogP contribution in [0.1, 0.15) is 44.3 Å². The highest BCUT2D eigenvalue weighted by Gasteiger charge is 2.37. The summed E-state index contributed by atoms with van der Waals surface area (Å²) in [6.07, 6.45) is 10.1. The first-order valence-corrected chi connectivity index (χ1v) is 13.9. The minimum Gasteiger partial charge on any atom is -0.487 e. The van der Waals surface area contributed by atoms with Gasteiger partial charge in [0.2, 0.25) is 5.91 Å². The summed E-state index contributed by atoms with van der Waals surface area (Å²) in [5.41, 5.74) is -0.502. The van der Waals surface area contributed by atoms with Crippen molar-refractivity contribution < 1.29 is 19.0 Å². The zero-order chi connectivity index (χ0) is 28.6. The topological polar surface area (TPSA) is 128 Å². The van der Waals surface area contributed by atoms with Gasteiger partial charge in [-0.3, -0.25) is 14.2 Å². The van der Waals surface area contributed by atoms with Crippen LogP contribution < -0.4 is 10.3 Å². The van der Waals surface area contributed by atoms with E-state index in [4.69, 9.17) is 4.74 Å². The predicted octanol–water partition coefficient (Wildman–Crippen LogP) is 2.81. The van der Waals surface area contributed by atoms with Gasteiger partial charge in [-0.1, -0.05) is 0 Å². The van der Waals surface area contributed by atoms with Crippen LogP contribution in [-0.4, -0.2) is 70.0 Å². The van der Waals surface area contributed by atoms with Gasteiger partial charge in [0.25, 0.3) is 5.56 Å². The standard InChI is InChI=1S/C29H32FN7O4/c1-19-31-14-24(15-32-19)41-23-8-2-20(3-9-23)27(38)35-12-10-29(40,11-13-35)17-36-18-33-26-25(28(36)39)16-34-37(26)22-6-4-21(30)5-7-22/h4-7,14-16,18,20,23,40H,2-3,8-13,17H2,1H3. The van der Waals surface area contributed by atoms with Gasteiger partial charge in [-0.25, -0.2) is 24.0 Å². The molecule has 11 nitrogen and oxygen atoms in total. The SMILES string of the molecule is Cc1ncc(OC2CCC(C(=O)N3CCC(O)(Cn4cnc5c(cnn5-c5ccc(F)cc5)c4=O)CC3)CC2)cn1. The zero-order valence-corrected chi connectivity index (χ0v) is 22.8. The third kappa shape index (κ3) is 5.69. The summed E-state index contributed by atoms with van der Waals surface area (Å²) in [5, 5.41) is 15.9. The second kappa shape index (κ2) is 11.0. The Hall–Kier alpha value is -4.19. The van der Waals surface area contributed by atoms with E-state index in [9.17, 15) is 19.1 Å². The van der Waals surface area contributed by atoms with E-state index in [1.54, 1.807) is 24.5 Å². The number of hydrogen-bond donors (Lipinski definition) is 1. The lowest BCUT2D eigenvalue weighted by Crippen LogP contribution is -2.51. The van der Waals surface area contributed by atoms with Crippen molar-refractivity contribution in [2.45, 2.75) is 63.7 Å². The molecule has 1 saturated carbocycles. The third-order valence-electron chi connectivity index (χ3n) is 8.18. The number of aliphatic hydroxyl groups is 1. The van der Waals surface area contributed by atoms with Crippen LogP contribution in [0.3, 0.4) is 0 Å². The Kier molecular flexibility index (Phi) is 7.24. The van der Waals surface area contributed by atoms with Crippen LogP contribution in [0.2, 0.25) is 0 Å². The van der Waals surface area contributed by atoms with Crippen LogP contribution in [0.5, 0.6) is 5.75 Å². The molecule has 3 aromatic heterocycles. The van der Waals surface area contributed by atoms with Crippen molar-refractivity contribution in [1.29, 1.82) is 0 Å². The fourth-order valence-electron chi connectivity index (χ4n) is 5.77. The molecule has 12 heteroatoms. The van der Waals surface area contributed by atoms with Crippen LogP contribution in [0.15, 0.2) is 54.0 Å². The number of benzene rings is 1. The molecule has 0 radical (unpaired) electrons. The second-order valence-corrected chi connectivity index (χ2v) is 11.1. The smallest absolute Gasteiger partial charge is 0.264 e. The largest absolute Gasteiger partial charge is 0.487 e. The number of ether oxygens (including phenoxy) is 1. The first-order chi connectivity index (χ1) is 19.8. The molecular formula is C29H32FN7O4. The number of halogens is 1. The molecule has 1 N–H and O–H groups in total. The van der Waals surface area contributed by atoms with Crippen molar-refractivity contribution in [1.82, 2.24) is 34.2 Å². The molecule has 4 heterocycles. The van der Waals surface area contributed by atoms with E-state index < -0.39 is 5.60 Å². The summed E-state index contributed by atoms with van der Waals surface area (Å²) in [4.78, 5) is 41.0. The number of aromatic nitrogens is 6. The summed E-state index contributed by atoms with van der Waals surface area (Å²) >= 11 is 0. The molecule has 1 aliphatic carbocycles. The third-order valence-corrected chi connectivity index (χ3v) is 8.18. The first kappa shape index (κ1) is 27.0. The van der Waals surface area contributed by atoms with Gasteiger partial charge >= 0.3 is 0 Å². The van der Waals surface area contributed by atoms with Crippen molar-refractivity contribution in [3.8, 4) is 11.4 Å². The number of fused-ring (bicyclic) bond motifs is 1. The van der Waals surface area contributed by atoms with Crippen LogP contribution in [0.25, 0.3) is 16.7 Å². The van der Waals surface area contributed by atoms with Crippen molar-refractivity contribution in [2.75, 3.05) is 13.1 Å². The molecule has 41 heavy (non-hydrogen) atoms. The molecule has 0 unspecified atom stereocenters. The maximum Gasteiger partial charge on any atom is 0.264 e. The maximum absolute atomic E-state index is 13.3. The molecule has 1 aliphatic heterocycles. The molecule has 0 atom stereocenters. The molecule has 2 aliphatic rings. The molecule has 0 spiro atoms. The Bertz CT molecular complexity index is 1590. The number of likely N-dealkylation sites (tertiary alicyclic amines) is 1. The number of amides is 1. The fraction of sp³-hybridized carbons (Fsp3) is 0.448. The van der Waals surface area contributed by atoms with Crippen LogP contribution in [0.4, 0.5) is 4.39 Å². The summed E-state index contributed by atoms with van der Waals surface area (Å²) in [6.45, 7) is 2.76. The molecule has 6 rings (SSSR count). The predicted molar refractivity (Wildman–Crippen MR) is 147 cm³/mol. The molecule has 0 bridgehead atoms. The monoisotopic (exact) mass is 561 g/mol. The minimum atomic E-state index is -1.13. The van der Waals surface area contributed by atoms with E-state index in [0.717, 1.165) is 25.7 Å². The highest BCUT2D eigenvalue weighted by molar-refractivity contribution is 5.79. The fourth-order valence-corrected chi connectivity index (χ4v) is 5.77. The van der Waals surface area contributed by atoms with E-state index in [0.29, 0.717) is 54.2 Å². The second-order valence-electron chi connectivity index (χ2n) is 11.1.